The number of aryl methyl sites for hydroxylation is 1. The van der Waals surface area contributed by atoms with E-state index in [1.807, 2.05) is 6.07 Å². The number of hydrogen-bond donors (Lipinski definition) is 1. The van der Waals surface area contributed by atoms with E-state index in [0.717, 1.165) is 41.7 Å². The van der Waals surface area contributed by atoms with E-state index >= 15 is 0 Å². The second kappa shape index (κ2) is 8.02. The molecule has 0 aromatic heterocycles. The van der Waals surface area contributed by atoms with Crippen molar-refractivity contribution in [1.82, 2.24) is 5.32 Å². The number of hydrogen-bond acceptors (Lipinski definition) is 3. The van der Waals surface area contributed by atoms with Crippen LogP contribution in [0.5, 0.6) is 11.5 Å². The Balaban J connectivity index is 1.29. The predicted octanol–water partition coefficient (Wildman–Crippen LogP) is 5.50. The summed E-state index contributed by atoms with van der Waals surface area (Å²) in [6.07, 6.45) is 7.28. The van der Waals surface area contributed by atoms with Gasteiger partial charge in [0.15, 0.2) is 11.5 Å². The van der Waals surface area contributed by atoms with Gasteiger partial charge in [-0.2, -0.15) is 0 Å². The van der Waals surface area contributed by atoms with Crippen molar-refractivity contribution < 1.29 is 9.47 Å². The van der Waals surface area contributed by atoms with E-state index in [0.29, 0.717) is 12.6 Å². The maximum Gasteiger partial charge on any atom is 0.166 e. The molecule has 2 aromatic carbocycles. The summed E-state index contributed by atoms with van der Waals surface area (Å²) >= 11 is 0. The molecular weight excluding hydrogens is 358 g/mol. The van der Waals surface area contributed by atoms with Crippen LogP contribution in [0.4, 0.5) is 0 Å². The molecule has 4 aliphatic rings. The smallest absolute Gasteiger partial charge is 0.166 e. The SMILES string of the molecule is COc1cccc(CNC2C3CC4CC(C3)CC2C4)c1OCc1cccc(C)c1. The first kappa shape index (κ1) is 19.0. The van der Waals surface area contributed by atoms with Gasteiger partial charge in [0, 0.05) is 18.2 Å². The second-order valence-corrected chi connectivity index (χ2v) is 9.56. The summed E-state index contributed by atoms with van der Waals surface area (Å²) < 4.78 is 11.9. The highest BCUT2D eigenvalue weighted by molar-refractivity contribution is 5.46. The van der Waals surface area contributed by atoms with Gasteiger partial charge in [-0.25, -0.2) is 0 Å². The molecule has 0 radical (unpaired) electrons. The summed E-state index contributed by atoms with van der Waals surface area (Å²) in [5, 5.41) is 3.94. The maximum absolute atomic E-state index is 6.29. The zero-order valence-electron chi connectivity index (χ0n) is 17.7. The molecule has 4 aliphatic carbocycles. The number of para-hydroxylation sites is 1. The van der Waals surface area contributed by atoms with Crippen molar-refractivity contribution >= 4 is 0 Å². The molecule has 3 nitrogen and oxygen atoms in total. The lowest BCUT2D eigenvalue weighted by atomic mass is 9.54. The van der Waals surface area contributed by atoms with E-state index in [1.165, 1.54) is 48.8 Å². The van der Waals surface area contributed by atoms with Crippen LogP contribution in [0.1, 0.15) is 48.8 Å². The fourth-order valence-electron chi connectivity index (χ4n) is 6.47. The molecule has 4 bridgehead atoms. The van der Waals surface area contributed by atoms with Gasteiger partial charge in [0.25, 0.3) is 0 Å². The number of rotatable bonds is 7. The summed E-state index contributed by atoms with van der Waals surface area (Å²) in [6, 6.07) is 15.4. The van der Waals surface area contributed by atoms with Crippen LogP contribution < -0.4 is 14.8 Å². The van der Waals surface area contributed by atoms with Crippen LogP contribution in [-0.4, -0.2) is 13.2 Å². The van der Waals surface area contributed by atoms with E-state index in [1.54, 1.807) is 7.11 Å². The third kappa shape index (κ3) is 3.90. The van der Waals surface area contributed by atoms with Crippen LogP contribution in [-0.2, 0) is 13.2 Å². The molecule has 0 unspecified atom stereocenters. The first-order valence-electron chi connectivity index (χ1n) is 11.3. The summed E-state index contributed by atoms with van der Waals surface area (Å²) in [6.45, 7) is 3.54. The summed E-state index contributed by atoms with van der Waals surface area (Å²) in [5.41, 5.74) is 3.65. The molecule has 2 aromatic rings. The second-order valence-electron chi connectivity index (χ2n) is 9.56. The minimum absolute atomic E-state index is 0.563. The van der Waals surface area contributed by atoms with Crippen molar-refractivity contribution in [1.29, 1.82) is 0 Å². The third-order valence-corrected chi connectivity index (χ3v) is 7.50. The lowest BCUT2D eigenvalue weighted by Gasteiger charge is -2.54. The molecule has 0 heterocycles. The van der Waals surface area contributed by atoms with Gasteiger partial charge in [-0.05, 0) is 74.3 Å². The first-order valence-corrected chi connectivity index (χ1v) is 11.3. The van der Waals surface area contributed by atoms with E-state index in [9.17, 15) is 0 Å². The summed E-state index contributed by atoms with van der Waals surface area (Å²) in [5.74, 6) is 5.50. The van der Waals surface area contributed by atoms with Crippen LogP contribution in [0.3, 0.4) is 0 Å². The zero-order valence-corrected chi connectivity index (χ0v) is 17.7. The van der Waals surface area contributed by atoms with Gasteiger partial charge in [0.2, 0.25) is 0 Å². The summed E-state index contributed by atoms with van der Waals surface area (Å²) in [7, 11) is 1.73. The van der Waals surface area contributed by atoms with Gasteiger partial charge in [0.1, 0.15) is 6.61 Å². The Bertz CT molecular complexity index is 834. The lowest BCUT2D eigenvalue weighted by Crippen LogP contribution is -2.54. The number of nitrogens with one attached hydrogen (secondary N) is 1. The minimum atomic E-state index is 0.563. The van der Waals surface area contributed by atoms with Crippen LogP contribution >= 0.6 is 0 Å². The molecule has 4 saturated carbocycles. The lowest BCUT2D eigenvalue weighted by molar-refractivity contribution is -0.0143. The van der Waals surface area contributed by atoms with Crippen molar-refractivity contribution in [3.8, 4) is 11.5 Å². The Kier molecular flexibility index (Phi) is 5.26. The predicted molar refractivity (Wildman–Crippen MR) is 116 cm³/mol. The quantitative estimate of drug-likeness (QED) is 0.676. The van der Waals surface area contributed by atoms with Gasteiger partial charge < -0.3 is 14.8 Å². The highest BCUT2D eigenvalue weighted by Crippen LogP contribution is 2.53. The first-order chi connectivity index (χ1) is 14.2. The number of ether oxygens (including phenoxy) is 2. The van der Waals surface area contributed by atoms with Crippen LogP contribution in [0.2, 0.25) is 0 Å². The van der Waals surface area contributed by atoms with Gasteiger partial charge in [-0.1, -0.05) is 42.0 Å². The average molecular weight is 392 g/mol. The Morgan fingerprint density at radius 2 is 1.66 bits per heavy atom. The van der Waals surface area contributed by atoms with Crippen molar-refractivity contribution in [3.63, 3.8) is 0 Å². The Hall–Kier alpha value is -2.00. The van der Waals surface area contributed by atoms with E-state index in [-0.39, 0.29) is 0 Å². The Morgan fingerprint density at radius 3 is 2.34 bits per heavy atom. The molecule has 29 heavy (non-hydrogen) atoms. The van der Waals surface area contributed by atoms with Crippen molar-refractivity contribution in [3.05, 3.63) is 59.2 Å². The van der Waals surface area contributed by atoms with E-state index in [4.69, 9.17) is 9.47 Å². The van der Waals surface area contributed by atoms with Crippen LogP contribution in [0.25, 0.3) is 0 Å². The highest BCUT2D eigenvalue weighted by Gasteiger charge is 2.47. The van der Waals surface area contributed by atoms with E-state index < -0.39 is 0 Å². The van der Waals surface area contributed by atoms with Crippen LogP contribution in [0.15, 0.2) is 42.5 Å². The fraction of sp³-hybridized carbons (Fsp3) is 0.538. The maximum atomic E-state index is 6.29. The molecule has 0 saturated heterocycles. The molecule has 0 amide bonds. The number of benzene rings is 2. The molecule has 4 fully saturated rings. The molecule has 3 heteroatoms. The normalized spacial score (nSPS) is 29.8. The zero-order chi connectivity index (χ0) is 19.8. The van der Waals surface area contributed by atoms with Crippen molar-refractivity contribution in [2.24, 2.45) is 23.7 Å². The standard InChI is InChI=1S/C26H33NO2/c1-17-5-3-6-18(9-17)16-29-26-21(7-4-8-24(26)28-2)15-27-25-22-11-19-10-20(13-22)14-23(25)12-19/h3-9,19-20,22-23,25,27H,10-16H2,1-2H3. The molecule has 154 valence electrons. The van der Waals surface area contributed by atoms with Gasteiger partial charge in [-0.3, -0.25) is 0 Å². The Labute approximate surface area is 174 Å². The Morgan fingerprint density at radius 1 is 0.931 bits per heavy atom. The fourth-order valence-corrected chi connectivity index (χ4v) is 6.47. The van der Waals surface area contributed by atoms with Gasteiger partial charge in [-0.15, -0.1) is 0 Å². The number of methoxy groups -OCH3 is 1. The highest BCUT2D eigenvalue weighted by atomic mass is 16.5. The molecule has 1 N–H and O–H groups in total. The molecule has 0 aliphatic heterocycles. The largest absolute Gasteiger partial charge is 0.493 e. The van der Waals surface area contributed by atoms with Crippen LogP contribution in [0, 0.1) is 30.6 Å². The molecular formula is C26H33NO2. The average Bonchev–Trinajstić information content (AvgIpc) is 2.71. The van der Waals surface area contributed by atoms with Crippen molar-refractivity contribution in [2.75, 3.05) is 7.11 Å². The van der Waals surface area contributed by atoms with Crippen molar-refractivity contribution in [2.45, 2.75) is 58.2 Å². The third-order valence-electron chi connectivity index (χ3n) is 7.50. The van der Waals surface area contributed by atoms with Gasteiger partial charge in [0.05, 0.1) is 7.11 Å². The molecule has 0 atom stereocenters. The monoisotopic (exact) mass is 391 g/mol. The summed E-state index contributed by atoms with van der Waals surface area (Å²) in [4.78, 5) is 0. The molecule has 0 spiro atoms. The minimum Gasteiger partial charge on any atom is -0.493 e. The van der Waals surface area contributed by atoms with E-state index in [2.05, 4.69) is 48.6 Å². The topological polar surface area (TPSA) is 30.5 Å². The molecule has 6 rings (SSSR count). The van der Waals surface area contributed by atoms with Gasteiger partial charge >= 0.3 is 0 Å².